The molecule has 0 radical (unpaired) electrons. The minimum absolute atomic E-state index is 0.0297. The first kappa shape index (κ1) is 21.7. The van der Waals surface area contributed by atoms with Gasteiger partial charge in [0.15, 0.2) is 11.6 Å². The van der Waals surface area contributed by atoms with Gasteiger partial charge in [-0.2, -0.15) is 5.10 Å². The average Bonchev–Trinajstić information content (AvgIpc) is 3.57. The smallest absolute Gasteiger partial charge is 0.254 e. The molecule has 0 saturated carbocycles. The lowest BCUT2D eigenvalue weighted by molar-refractivity contribution is -0.124. The van der Waals surface area contributed by atoms with Crippen molar-refractivity contribution in [3.05, 3.63) is 64.7 Å². The lowest BCUT2D eigenvalue weighted by atomic mass is 9.97. The lowest BCUT2D eigenvalue weighted by Gasteiger charge is -2.26. The Morgan fingerprint density at radius 1 is 1.23 bits per heavy atom. The fourth-order valence-corrected chi connectivity index (χ4v) is 5.33. The Balaban J connectivity index is 1.46. The zero-order valence-electron chi connectivity index (χ0n) is 18.7. The predicted octanol–water partition coefficient (Wildman–Crippen LogP) is 3.35. The van der Waals surface area contributed by atoms with E-state index in [0.29, 0.717) is 41.0 Å². The molecule has 2 aliphatic rings. The second-order valence-electron chi connectivity index (χ2n) is 8.90. The van der Waals surface area contributed by atoms with Crippen molar-refractivity contribution in [3.63, 3.8) is 0 Å². The molecule has 0 unspecified atom stereocenters. The number of carbonyl (C=O) groups excluding carboxylic acids is 2. The van der Waals surface area contributed by atoms with Crippen LogP contribution in [0.4, 0.5) is 8.78 Å². The number of aromatic nitrogens is 4. The summed E-state index contributed by atoms with van der Waals surface area (Å²) in [7, 11) is 1.74. The van der Waals surface area contributed by atoms with Crippen LogP contribution < -0.4 is 5.32 Å². The van der Waals surface area contributed by atoms with E-state index in [1.165, 1.54) is 16.5 Å². The van der Waals surface area contributed by atoms with E-state index in [0.717, 1.165) is 6.07 Å². The SMILES string of the molecule is Cc1nn(C)cc1-c1ccc(F)c(F)c1-c1nc2cc(C(=O)N3C[C@@H]4C[C@H]3C(=O)N4)ccn2c1Cl. The van der Waals surface area contributed by atoms with Crippen molar-refractivity contribution in [2.45, 2.75) is 25.4 Å². The molecule has 2 bridgehead atoms. The second kappa shape index (κ2) is 7.61. The average molecular weight is 497 g/mol. The van der Waals surface area contributed by atoms with E-state index in [2.05, 4.69) is 15.4 Å². The number of nitrogens with one attached hydrogen (secondary N) is 1. The first-order valence-electron chi connectivity index (χ1n) is 11.0. The van der Waals surface area contributed by atoms with Crippen LogP contribution in [0.25, 0.3) is 28.0 Å². The van der Waals surface area contributed by atoms with Crippen LogP contribution in [0.5, 0.6) is 0 Å². The van der Waals surface area contributed by atoms with Gasteiger partial charge in [0.2, 0.25) is 5.91 Å². The number of pyridine rings is 1. The van der Waals surface area contributed by atoms with Crippen LogP contribution >= 0.6 is 11.6 Å². The van der Waals surface area contributed by atoms with Crippen molar-refractivity contribution in [2.75, 3.05) is 6.54 Å². The van der Waals surface area contributed by atoms with E-state index in [9.17, 15) is 14.0 Å². The van der Waals surface area contributed by atoms with Gasteiger partial charge >= 0.3 is 0 Å². The molecule has 2 aliphatic heterocycles. The first-order chi connectivity index (χ1) is 16.7. The summed E-state index contributed by atoms with van der Waals surface area (Å²) in [6.07, 6.45) is 3.87. The summed E-state index contributed by atoms with van der Waals surface area (Å²) in [5.74, 6) is -2.55. The maximum absolute atomic E-state index is 15.2. The number of likely N-dealkylation sites (tertiary alicyclic amines) is 1. The van der Waals surface area contributed by atoms with Crippen molar-refractivity contribution >= 4 is 29.1 Å². The van der Waals surface area contributed by atoms with E-state index in [1.54, 1.807) is 42.0 Å². The van der Waals surface area contributed by atoms with Crippen LogP contribution in [0.2, 0.25) is 5.15 Å². The van der Waals surface area contributed by atoms with Crippen molar-refractivity contribution in [1.82, 2.24) is 29.4 Å². The van der Waals surface area contributed by atoms with Gasteiger partial charge in [0.25, 0.3) is 5.91 Å². The Morgan fingerprint density at radius 2 is 2.03 bits per heavy atom. The molecule has 35 heavy (non-hydrogen) atoms. The van der Waals surface area contributed by atoms with E-state index < -0.39 is 17.7 Å². The molecule has 11 heteroatoms. The first-order valence-corrected chi connectivity index (χ1v) is 11.4. The Bertz CT molecular complexity index is 1560. The Kier molecular flexibility index (Phi) is 4.72. The lowest BCUT2D eigenvalue weighted by Crippen LogP contribution is -2.50. The summed E-state index contributed by atoms with van der Waals surface area (Å²) in [4.78, 5) is 31.2. The highest BCUT2D eigenvalue weighted by molar-refractivity contribution is 6.32. The summed E-state index contributed by atoms with van der Waals surface area (Å²) in [5, 5.41) is 7.22. The van der Waals surface area contributed by atoms with Crippen LogP contribution in [0.15, 0.2) is 36.7 Å². The minimum atomic E-state index is -1.08. The number of carbonyl (C=O) groups is 2. The highest BCUT2D eigenvalue weighted by Gasteiger charge is 2.46. The molecule has 4 aromatic rings. The van der Waals surface area contributed by atoms with Gasteiger partial charge in [-0.25, -0.2) is 13.8 Å². The summed E-state index contributed by atoms with van der Waals surface area (Å²) < 4.78 is 32.6. The molecule has 0 aliphatic carbocycles. The number of hydrogen-bond donors (Lipinski definition) is 1. The summed E-state index contributed by atoms with van der Waals surface area (Å²) in [6.45, 7) is 2.22. The Morgan fingerprint density at radius 3 is 2.71 bits per heavy atom. The number of fused-ring (bicyclic) bond motifs is 3. The predicted molar refractivity (Wildman–Crippen MR) is 124 cm³/mol. The van der Waals surface area contributed by atoms with Gasteiger partial charge in [-0.3, -0.25) is 18.7 Å². The van der Waals surface area contributed by atoms with Crippen molar-refractivity contribution in [3.8, 4) is 22.4 Å². The third-order valence-electron chi connectivity index (χ3n) is 6.66. The second-order valence-corrected chi connectivity index (χ2v) is 9.25. The molecule has 2 atom stereocenters. The van der Waals surface area contributed by atoms with Gasteiger partial charge in [0, 0.05) is 43.2 Å². The quantitative estimate of drug-likeness (QED) is 0.471. The van der Waals surface area contributed by atoms with Crippen LogP contribution in [-0.2, 0) is 11.8 Å². The van der Waals surface area contributed by atoms with Crippen LogP contribution in [0, 0.1) is 18.6 Å². The van der Waals surface area contributed by atoms with Gasteiger partial charge < -0.3 is 10.2 Å². The normalized spacial score (nSPS) is 19.1. The molecule has 6 rings (SSSR count). The Hall–Kier alpha value is -3.79. The van der Waals surface area contributed by atoms with E-state index in [1.807, 2.05) is 0 Å². The third kappa shape index (κ3) is 3.23. The van der Waals surface area contributed by atoms with E-state index in [-0.39, 0.29) is 34.3 Å². The maximum Gasteiger partial charge on any atom is 0.254 e. The summed E-state index contributed by atoms with van der Waals surface area (Å²) in [6, 6.07) is 5.13. The zero-order chi connectivity index (χ0) is 24.6. The van der Waals surface area contributed by atoms with Crippen molar-refractivity contribution in [1.29, 1.82) is 0 Å². The molecule has 3 aromatic heterocycles. The van der Waals surface area contributed by atoms with Gasteiger partial charge in [0.1, 0.15) is 22.5 Å². The molecule has 5 heterocycles. The summed E-state index contributed by atoms with van der Waals surface area (Å²) in [5.41, 5.74) is 2.23. The number of benzene rings is 1. The van der Waals surface area contributed by atoms with E-state index in [4.69, 9.17) is 11.6 Å². The summed E-state index contributed by atoms with van der Waals surface area (Å²) >= 11 is 6.59. The van der Waals surface area contributed by atoms with Crippen LogP contribution in [0.1, 0.15) is 22.5 Å². The molecule has 1 N–H and O–H groups in total. The third-order valence-corrected chi connectivity index (χ3v) is 7.02. The largest absolute Gasteiger partial charge is 0.350 e. The number of rotatable bonds is 3. The van der Waals surface area contributed by atoms with Gasteiger partial charge in [-0.05, 0) is 37.1 Å². The highest BCUT2D eigenvalue weighted by Crippen LogP contribution is 2.39. The topological polar surface area (TPSA) is 84.5 Å². The Labute approximate surface area is 203 Å². The van der Waals surface area contributed by atoms with Crippen molar-refractivity contribution < 1.29 is 18.4 Å². The zero-order valence-corrected chi connectivity index (χ0v) is 19.5. The van der Waals surface area contributed by atoms with E-state index >= 15 is 4.39 Å². The fraction of sp³-hybridized carbons (Fsp3) is 0.250. The highest BCUT2D eigenvalue weighted by atomic mass is 35.5. The number of nitrogens with zero attached hydrogens (tertiary/aromatic N) is 5. The maximum atomic E-state index is 15.2. The number of halogens is 3. The van der Waals surface area contributed by atoms with Gasteiger partial charge in [-0.1, -0.05) is 17.7 Å². The van der Waals surface area contributed by atoms with Gasteiger partial charge in [-0.15, -0.1) is 0 Å². The molecule has 2 fully saturated rings. The molecule has 178 valence electrons. The molecule has 1 aromatic carbocycles. The van der Waals surface area contributed by atoms with Crippen LogP contribution in [-0.4, -0.2) is 54.5 Å². The fourth-order valence-electron chi connectivity index (χ4n) is 5.05. The van der Waals surface area contributed by atoms with Crippen LogP contribution in [0.3, 0.4) is 0 Å². The molecule has 2 amide bonds. The number of aryl methyl sites for hydroxylation is 2. The monoisotopic (exact) mass is 496 g/mol. The molecule has 2 saturated heterocycles. The van der Waals surface area contributed by atoms with Gasteiger partial charge in [0.05, 0.1) is 11.3 Å². The molecular weight excluding hydrogens is 478 g/mol. The number of imidazole rings is 1. The molecular formula is C24H19ClF2N6O2. The van der Waals surface area contributed by atoms with Crippen molar-refractivity contribution in [2.24, 2.45) is 7.05 Å². The number of hydrogen-bond acceptors (Lipinski definition) is 4. The number of amides is 2. The standard InChI is InChI=1S/C24H19ClF2N6O2/c1-11-15(10-31(2)30-11)14-3-4-16(26)20(27)19(14)21-22(25)32-6-5-12(7-18(32)29-21)24(35)33-9-13-8-17(33)23(34)28-13/h3-7,10,13,17H,8-9H2,1-2H3,(H,28,34)/t13-,17-/m0/s1. The molecule has 0 spiro atoms. The minimum Gasteiger partial charge on any atom is -0.350 e. The number of piperazine rings is 1. The molecule has 8 nitrogen and oxygen atoms in total.